The van der Waals surface area contributed by atoms with E-state index in [-0.39, 0.29) is 0 Å². The first-order valence-corrected chi connectivity index (χ1v) is 6.56. The molecule has 2 aromatic carbocycles. The van der Waals surface area contributed by atoms with Crippen LogP contribution in [0.25, 0.3) is 5.69 Å². The second kappa shape index (κ2) is 5.57. The van der Waals surface area contributed by atoms with Crippen molar-refractivity contribution in [2.45, 2.75) is 12.8 Å². The van der Waals surface area contributed by atoms with Gasteiger partial charge in [-0.1, -0.05) is 35.5 Å². The first-order valence-electron chi connectivity index (χ1n) is 6.56. The van der Waals surface area contributed by atoms with Gasteiger partial charge < -0.3 is 5.11 Å². The van der Waals surface area contributed by atoms with Crippen LogP contribution in [0.5, 0.6) is 5.75 Å². The molecule has 0 fully saturated rings. The maximum Gasteiger partial charge on any atom is 0.115 e. The zero-order valence-electron chi connectivity index (χ0n) is 11.0. The Morgan fingerprint density at radius 3 is 2.60 bits per heavy atom. The number of aromatic hydroxyl groups is 1. The summed E-state index contributed by atoms with van der Waals surface area (Å²) in [5, 5.41) is 17.7. The normalized spacial score (nSPS) is 10.6. The van der Waals surface area contributed by atoms with Crippen molar-refractivity contribution in [1.29, 1.82) is 0 Å². The van der Waals surface area contributed by atoms with Crippen LogP contribution in [-0.2, 0) is 12.8 Å². The predicted molar refractivity (Wildman–Crippen MR) is 76.9 cm³/mol. The van der Waals surface area contributed by atoms with Crippen molar-refractivity contribution in [2.75, 3.05) is 0 Å². The first kappa shape index (κ1) is 12.4. The van der Waals surface area contributed by atoms with Gasteiger partial charge in [0, 0.05) is 0 Å². The molecule has 1 heterocycles. The van der Waals surface area contributed by atoms with E-state index in [1.165, 1.54) is 0 Å². The molecule has 3 aromatic rings. The summed E-state index contributed by atoms with van der Waals surface area (Å²) >= 11 is 0. The van der Waals surface area contributed by atoms with Gasteiger partial charge in [0.25, 0.3) is 0 Å². The van der Waals surface area contributed by atoms with E-state index in [1.54, 1.807) is 16.8 Å². The summed E-state index contributed by atoms with van der Waals surface area (Å²) in [4.78, 5) is 0. The van der Waals surface area contributed by atoms with E-state index in [4.69, 9.17) is 0 Å². The van der Waals surface area contributed by atoms with Crippen molar-refractivity contribution in [2.24, 2.45) is 0 Å². The lowest BCUT2D eigenvalue weighted by Crippen LogP contribution is -1.93. The molecule has 0 saturated heterocycles. The summed E-state index contributed by atoms with van der Waals surface area (Å²) in [5.74, 6) is 0.301. The van der Waals surface area contributed by atoms with Crippen molar-refractivity contribution in [1.82, 2.24) is 15.0 Å². The molecule has 0 aliphatic rings. The standard InChI is InChI=1S/C16H15N3O/c20-16-8-4-5-13(11-16)9-10-14-12-19(18-17-14)15-6-2-1-3-7-15/h1-8,11-12,20H,9-10H2. The summed E-state index contributed by atoms with van der Waals surface area (Å²) < 4.78 is 1.78. The molecular formula is C16H15N3O. The fraction of sp³-hybridized carbons (Fsp3) is 0.125. The topological polar surface area (TPSA) is 50.9 Å². The summed E-state index contributed by atoms with van der Waals surface area (Å²) in [5.41, 5.74) is 3.04. The Labute approximate surface area is 117 Å². The van der Waals surface area contributed by atoms with Gasteiger partial charge in [0.05, 0.1) is 17.6 Å². The second-order valence-corrected chi connectivity index (χ2v) is 4.66. The van der Waals surface area contributed by atoms with Crippen LogP contribution in [0.4, 0.5) is 0 Å². The Morgan fingerprint density at radius 2 is 1.80 bits per heavy atom. The maximum atomic E-state index is 9.43. The van der Waals surface area contributed by atoms with E-state index in [2.05, 4.69) is 10.3 Å². The van der Waals surface area contributed by atoms with Gasteiger partial charge >= 0.3 is 0 Å². The van der Waals surface area contributed by atoms with Crippen molar-refractivity contribution < 1.29 is 5.11 Å². The van der Waals surface area contributed by atoms with Crippen molar-refractivity contribution in [3.8, 4) is 11.4 Å². The number of hydrogen-bond acceptors (Lipinski definition) is 3. The molecule has 4 heteroatoms. The smallest absolute Gasteiger partial charge is 0.115 e. The number of rotatable bonds is 4. The van der Waals surface area contributed by atoms with Gasteiger partial charge in [0.2, 0.25) is 0 Å². The van der Waals surface area contributed by atoms with Crippen LogP contribution in [-0.4, -0.2) is 20.1 Å². The van der Waals surface area contributed by atoms with Crippen LogP contribution in [0.3, 0.4) is 0 Å². The van der Waals surface area contributed by atoms with Gasteiger partial charge in [0.15, 0.2) is 0 Å². The molecule has 0 aliphatic heterocycles. The Balaban J connectivity index is 1.69. The number of phenolic OH excluding ortho intramolecular Hbond substituents is 1. The van der Waals surface area contributed by atoms with Crippen LogP contribution >= 0.6 is 0 Å². The maximum absolute atomic E-state index is 9.43. The van der Waals surface area contributed by atoms with Gasteiger partial charge in [-0.05, 0) is 42.7 Å². The SMILES string of the molecule is Oc1cccc(CCc2cn(-c3ccccc3)nn2)c1. The molecule has 0 spiro atoms. The van der Waals surface area contributed by atoms with Crippen LogP contribution < -0.4 is 0 Å². The van der Waals surface area contributed by atoms with Gasteiger partial charge in [0.1, 0.15) is 5.75 Å². The van der Waals surface area contributed by atoms with Crippen LogP contribution in [0.15, 0.2) is 60.8 Å². The molecule has 3 rings (SSSR count). The molecule has 1 aromatic heterocycles. The Morgan fingerprint density at radius 1 is 0.950 bits per heavy atom. The lowest BCUT2D eigenvalue weighted by Gasteiger charge is -2.00. The highest BCUT2D eigenvalue weighted by molar-refractivity contribution is 5.30. The highest BCUT2D eigenvalue weighted by Crippen LogP contribution is 2.13. The summed E-state index contributed by atoms with van der Waals surface area (Å²) in [6.07, 6.45) is 3.58. The molecule has 100 valence electrons. The molecule has 0 aliphatic carbocycles. The zero-order chi connectivity index (χ0) is 13.8. The minimum Gasteiger partial charge on any atom is -0.508 e. The largest absolute Gasteiger partial charge is 0.508 e. The highest BCUT2D eigenvalue weighted by Gasteiger charge is 2.03. The monoisotopic (exact) mass is 265 g/mol. The fourth-order valence-electron chi connectivity index (χ4n) is 2.10. The zero-order valence-corrected chi connectivity index (χ0v) is 11.0. The summed E-state index contributed by atoms with van der Waals surface area (Å²) in [6, 6.07) is 17.2. The number of nitrogens with zero attached hydrogens (tertiary/aromatic N) is 3. The molecule has 0 unspecified atom stereocenters. The van der Waals surface area contributed by atoms with E-state index in [0.717, 1.165) is 29.8 Å². The molecule has 0 radical (unpaired) electrons. The number of aromatic nitrogens is 3. The van der Waals surface area contributed by atoms with Gasteiger partial charge in [-0.2, -0.15) is 0 Å². The number of phenols is 1. The lowest BCUT2D eigenvalue weighted by molar-refractivity contribution is 0.474. The molecule has 0 bridgehead atoms. The van der Waals surface area contributed by atoms with Gasteiger partial charge in [-0.25, -0.2) is 4.68 Å². The van der Waals surface area contributed by atoms with Gasteiger partial charge in [-0.3, -0.25) is 0 Å². The summed E-state index contributed by atoms with van der Waals surface area (Å²) in [7, 11) is 0. The van der Waals surface area contributed by atoms with Crippen LogP contribution in [0, 0.1) is 0 Å². The van der Waals surface area contributed by atoms with Crippen LogP contribution in [0.2, 0.25) is 0 Å². The van der Waals surface area contributed by atoms with Gasteiger partial charge in [-0.15, -0.1) is 5.10 Å². The molecule has 0 atom stereocenters. The third-order valence-corrected chi connectivity index (χ3v) is 3.14. The minimum absolute atomic E-state index is 0.301. The third kappa shape index (κ3) is 2.85. The molecule has 0 saturated carbocycles. The quantitative estimate of drug-likeness (QED) is 0.789. The lowest BCUT2D eigenvalue weighted by atomic mass is 10.1. The first-order chi connectivity index (χ1) is 9.81. The number of aryl methyl sites for hydroxylation is 2. The van der Waals surface area contributed by atoms with Crippen LogP contribution in [0.1, 0.15) is 11.3 Å². The molecular weight excluding hydrogens is 250 g/mol. The average molecular weight is 265 g/mol. The minimum atomic E-state index is 0.301. The number of para-hydroxylation sites is 1. The Kier molecular flexibility index (Phi) is 3.46. The van der Waals surface area contributed by atoms with E-state index in [0.29, 0.717) is 5.75 Å². The summed E-state index contributed by atoms with van der Waals surface area (Å²) in [6.45, 7) is 0. The molecule has 1 N–H and O–H groups in total. The van der Waals surface area contributed by atoms with E-state index in [1.807, 2.05) is 48.7 Å². The van der Waals surface area contributed by atoms with Crippen molar-refractivity contribution in [3.05, 3.63) is 72.1 Å². The molecule has 0 amide bonds. The Hall–Kier alpha value is -2.62. The van der Waals surface area contributed by atoms with E-state index >= 15 is 0 Å². The number of benzene rings is 2. The average Bonchev–Trinajstić information content (AvgIpc) is 2.95. The fourth-order valence-corrected chi connectivity index (χ4v) is 2.10. The van der Waals surface area contributed by atoms with Crippen molar-refractivity contribution >= 4 is 0 Å². The predicted octanol–water partition coefficient (Wildman–Crippen LogP) is 2.76. The molecule has 4 nitrogen and oxygen atoms in total. The highest BCUT2D eigenvalue weighted by atomic mass is 16.3. The second-order valence-electron chi connectivity index (χ2n) is 4.66. The molecule has 20 heavy (non-hydrogen) atoms. The van der Waals surface area contributed by atoms with Crippen molar-refractivity contribution in [3.63, 3.8) is 0 Å². The third-order valence-electron chi connectivity index (χ3n) is 3.14. The Bertz CT molecular complexity index is 692. The van der Waals surface area contributed by atoms with E-state index < -0.39 is 0 Å². The number of hydrogen-bond donors (Lipinski definition) is 1. The van der Waals surface area contributed by atoms with E-state index in [9.17, 15) is 5.11 Å².